The molecule has 5 saturated carbocycles. The molecule has 40 heavy (non-hydrogen) atoms. The maximum Gasteiger partial charge on any atom is 0.198 e. The summed E-state index contributed by atoms with van der Waals surface area (Å²) in [6.45, 7) is 20.7. The van der Waals surface area contributed by atoms with Gasteiger partial charge in [0.2, 0.25) is 0 Å². The Morgan fingerprint density at radius 3 is 1.75 bits per heavy atom. The Hall–Kier alpha value is 0.354. The number of rotatable bonds is 4. The molecule has 3 unspecified atom stereocenters. The molecule has 7 aliphatic rings. The van der Waals surface area contributed by atoms with Gasteiger partial charge in [0.1, 0.15) is 0 Å². The molecular formula is C36H64O2Si2. The highest BCUT2D eigenvalue weighted by molar-refractivity contribution is 6.77. The summed E-state index contributed by atoms with van der Waals surface area (Å²) in [5.74, 6) is 5.50. The van der Waals surface area contributed by atoms with Crippen LogP contribution in [-0.4, -0.2) is 28.8 Å². The van der Waals surface area contributed by atoms with Crippen molar-refractivity contribution in [2.24, 2.45) is 46.3 Å². The minimum Gasteiger partial charge on any atom is -0.413 e. The maximum absolute atomic E-state index is 7.74. The highest BCUT2D eigenvalue weighted by atomic mass is 28.4. The molecule has 10 atom stereocenters. The Balaban J connectivity index is 1.12. The van der Waals surface area contributed by atoms with Crippen LogP contribution in [0.5, 0.6) is 0 Å². The summed E-state index contributed by atoms with van der Waals surface area (Å²) in [6.07, 6.45) is 18.5. The minimum atomic E-state index is -1.69. The summed E-state index contributed by atoms with van der Waals surface area (Å²) in [7, 11) is -3.36. The van der Waals surface area contributed by atoms with Gasteiger partial charge in [-0.2, -0.15) is 0 Å². The molecule has 2 nitrogen and oxygen atoms in total. The molecular weight excluding hydrogens is 521 g/mol. The van der Waals surface area contributed by atoms with Crippen molar-refractivity contribution >= 4 is 16.6 Å². The summed E-state index contributed by atoms with van der Waals surface area (Å²) >= 11 is 0. The predicted octanol–water partition coefficient (Wildman–Crippen LogP) is 10.7. The molecule has 0 bridgehead atoms. The summed E-state index contributed by atoms with van der Waals surface area (Å²) in [4.78, 5) is 0. The molecule has 0 aromatic rings. The van der Waals surface area contributed by atoms with Gasteiger partial charge in [0.25, 0.3) is 0 Å². The Bertz CT molecular complexity index is 968. The fourth-order valence-corrected chi connectivity index (χ4v) is 22.7. The molecule has 7 fully saturated rings. The van der Waals surface area contributed by atoms with E-state index in [2.05, 4.69) is 55.4 Å². The first-order valence-corrected chi connectivity index (χ1v) is 22.7. The quantitative estimate of drug-likeness (QED) is 0.306. The van der Waals surface area contributed by atoms with Crippen LogP contribution in [-0.2, 0) is 8.85 Å². The van der Waals surface area contributed by atoms with Crippen molar-refractivity contribution in [2.75, 3.05) is 0 Å². The van der Waals surface area contributed by atoms with Crippen molar-refractivity contribution < 1.29 is 8.85 Å². The third kappa shape index (κ3) is 4.16. The van der Waals surface area contributed by atoms with Crippen LogP contribution < -0.4 is 0 Å². The lowest BCUT2D eigenvalue weighted by molar-refractivity contribution is -0.148. The first-order valence-electron chi connectivity index (χ1n) is 18.1. The Morgan fingerprint density at radius 2 is 1.15 bits per heavy atom. The van der Waals surface area contributed by atoms with Crippen molar-refractivity contribution in [3.8, 4) is 0 Å². The summed E-state index contributed by atoms with van der Waals surface area (Å²) < 4.78 is 15.3. The van der Waals surface area contributed by atoms with Gasteiger partial charge in [-0.05, 0) is 132 Å². The highest BCUT2D eigenvalue weighted by Crippen LogP contribution is 2.72. The van der Waals surface area contributed by atoms with E-state index in [-0.39, 0.29) is 0 Å². The molecule has 228 valence electrons. The van der Waals surface area contributed by atoms with Crippen LogP contribution in [0.3, 0.4) is 0 Å². The Morgan fingerprint density at radius 1 is 0.600 bits per heavy atom. The van der Waals surface area contributed by atoms with Crippen molar-refractivity contribution in [3.05, 3.63) is 0 Å². The number of hydrogen-bond acceptors (Lipinski definition) is 2. The standard InChI is InChI=1S/C36H64O2Si2/c1-33(2,3)39(19-9-10-20-39)37-31-16-15-28-26-13-14-30-32(38-40(34(4,5)6)21-11-12-22-40)27-23-25(27)24-36(30,8)29(26)17-18-35(28,31)7/h25-32H,9-24H2,1-8H3/t25-,26?,27-,28?,29?,30+,31+,32-,35+,36-/m1/s1. The molecule has 0 N–H and O–H groups in total. The van der Waals surface area contributed by atoms with Gasteiger partial charge in [0.05, 0.1) is 12.2 Å². The molecule has 0 amide bonds. The molecule has 0 aromatic carbocycles. The zero-order valence-corrected chi connectivity index (χ0v) is 29.7. The van der Waals surface area contributed by atoms with Crippen molar-refractivity contribution in [3.63, 3.8) is 0 Å². The highest BCUT2D eigenvalue weighted by Gasteiger charge is 2.68. The van der Waals surface area contributed by atoms with E-state index >= 15 is 0 Å². The fraction of sp³-hybridized carbons (Fsp3) is 1.00. The molecule has 2 saturated heterocycles. The SMILES string of the molecule is CC(C)(C)[Si]1(O[C@@H]2[C@@H]3C[C@@H]3C[C@]3(C)C4CC[C@@]5(C)C(CC[C@@H]5O[Si]5(C(C)(C)C)CCCC5)C4CC[C@@H]23)CCCC1. The van der Waals surface area contributed by atoms with E-state index < -0.39 is 16.6 Å². The van der Waals surface area contributed by atoms with Gasteiger partial charge < -0.3 is 8.85 Å². The second kappa shape index (κ2) is 9.43. The summed E-state index contributed by atoms with van der Waals surface area (Å²) in [5, 5.41) is 0.767. The van der Waals surface area contributed by atoms with E-state index in [0.29, 0.717) is 33.1 Å². The lowest BCUT2D eigenvalue weighted by Crippen LogP contribution is -2.59. The average molecular weight is 585 g/mol. The number of fused-ring (bicyclic) bond motifs is 6. The van der Waals surface area contributed by atoms with Crippen LogP contribution in [0.2, 0.25) is 34.3 Å². The monoisotopic (exact) mass is 584 g/mol. The molecule has 2 aliphatic heterocycles. The van der Waals surface area contributed by atoms with Crippen molar-refractivity contribution in [1.29, 1.82) is 0 Å². The van der Waals surface area contributed by atoms with Crippen molar-refractivity contribution in [1.82, 2.24) is 0 Å². The largest absolute Gasteiger partial charge is 0.413 e. The third-order valence-electron chi connectivity index (χ3n) is 15.6. The molecule has 0 radical (unpaired) electrons. The van der Waals surface area contributed by atoms with Crippen LogP contribution in [0.15, 0.2) is 0 Å². The average Bonchev–Trinajstić information content (AvgIpc) is 3.22. The molecule has 0 aromatic heterocycles. The van der Waals surface area contributed by atoms with Crippen LogP contribution in [0.4, 0.5) is 0 Å². The maximum atomic E-state index is 7.74. The normalized spacial score (nSPS) is 49.2. The summed E-state index contributed by atoms with van der Waals surface area (Å²) in [6, 6.07) is 5.70. The molecule has 5 aliphatic carbocycles. The lowest BCUT2D eigenvalue weighted by Gasteiger charge is -2.62. The first-order chi connectivity index (χ1) is 18.7. The van der Waals surface area contributed by atoms with Gasteiger partial charge in [-0.15, -0.1) is 0 Å². The van der Waals surface area contributed by atoms with Crippen LogP contribution >= 0.6 is 0 Å². The van der Waals surface area contributed by atoms with E-state index in [9.17, 15) is 0 Å². The zero-order valence-electron chi connectivity index (χ0n) is 27.7. The van der Waals surface area contributed by atoms with Gasteiger partial charge in [-0.25, -0.2) is 0 Å². The third-order valence-corrected chi connectivity index (χ3v) is 27.2. The second-order valence-electron chi connectivity index (χ2n) is 19.1. The molecule has 0 spiro atoms. The topological polar surface area (TPSA) is 18.5 Å². The van der Waals surface area contributed by atoms with Crippen LogP contribution in [0.25, 0.3) is 0 Å². The zero-order chi connectivity index (χ0) is 28.3. The predicted molar refractivity (Wildman–Crippen MR) is 172 cm³/mol. The second-order valence-corrected chi connectivity index (χ2v) is 28.6. The molecule has 7 rings (SSSR count). The van der Waals surface area contributed by atoms with E-state index in [4.69, 9.17) is 8.85 Å². The van der Waals surface area contributed by atoms with Gasteiger partial charge in [0.15, 0.2) is 16.6 Å². The van der Waals surface area contributed by atoms with Gasteiger partial charge in [-0.1, -0.05) is 81.1 Å². The smallest absolute Gasteiger partial charge is 0.198 e. The number of hydrogen-bond donors (Lipinski definition) is 0. The van der Waals surface area contributed by atoms with Crippen LogP contribution in [0, 0.1) is 46.3 Å². The summed E-state index contributed by atoms with van der Waals surface area (Å²) in [5.41, 5.74) is 0.947. The minimum absolute atomic E-state index is 0.381. The molecule has 2 heterocycles. The van der Waals surface area contributed by atoms with Gasteiger partial charge in [0, 0.05) is 0 Å². The van der Waals surface area contributed by atoms with Crippen LogP contribution in [0.1, 0.15) is 132 Å². The van der Waals surface area contributed by atoms with E-state index in [1.54, 1.807) is 0 Å². The molecule has 4 heteroatoms. The van der Waals surface area contributed by atoms with E-state index in [0.717, 1.165) is 35.5 Å². The van der Waals surface area contributed by atoms with Crippen molar-refractivity contribution in [2.45, 2.75) is 179 Å². The van der Waals surface area contributed by atoms with E-state index in [1.165, 1.54) is 101 Å². The fourth-order valence-electron chi connectivity index (χ4n) is 12.9. The Labute approximate surface area is 250 Å². The van der Waals surface area contributed by atoms with E-state index in [1.807, 2.05) is 0 Å². The Kier molecular flexibility index (Phi) is 6.86. The lowest BCUT2D eigenvalue weighted by atomic mass is 9.45. The van der Waals surface area contributed by atoms with Gasteiger partial charge >= 0.3 is 0 Å². The first kappa shape index (κ1) is 29.1. The van der Waals surface area contributed by atoms with Gasteiger partial charge in [-0.3, -0.25) is 0 Å².